The third kappa shape index (κ3) is 2.64. The van der Waals surface area contributed by atoms with Crippen LogP contribution in [0.3, 0.4) is 0 Å². The van der Waals surface area contributed by atoms with Crippen molar-refractivity contribution in [2.75, 3.05) is 6.54 Å². The highest BCUT2D eigenvalue weighted by Crippen LogP contribution is 1.94. The van der Waals surface area contributed by atoms with Crippen LogP contribution in [0.1, 0.15) is 17.0 Å². The molecule has 5 heteroatoms. The molecule has 0 spiro atoms. The molecule has 1 aromatic heterocycles. The first-order valence-corrected chi connectivity index (χ1v) is 3.55. The number of nitrogens with zero attached hydrogens (tertiary/aromatic N) is 2. The van der Waals surface area contributed by atoms with Crippen molar-refractivity contribution in [1.29, 1.82) is 0 Å². The Labute approximate surface area is 77.2 Å². The molecule has 0 aliphatic carbocycles. The Morgan fingerprint density at radius 2 is 2.42 bits per heavy atom. The molecule has 4 nitrogen and oxygen atoms in total. The summed E-state index contributed by atoms with van der Waals surface area (Å²) >= 11 is 0. The van der Waals surface area contributed by atoms with E-state index in [1.165, 1.54) is 0 Å². The average Bonchev–Trinajstić information content (AvgIpc) is 2.47. The Balaban J connectivity index is 0.00000121. The summed E-state index contributed by atoms with van der Waals surface area (Å²) in [6.45, 7) is 1.40. The van der Waals surface area contributed by atoms with Crippen LogP contribution in [0.25, 0.3) is 0 Å². The summed E-state index contributed by atoms with van der Waals surface area (Å²) in [7, 11) is 0. The predicted molar refractivity (Wildman–Crippen MR) is 48.5 cm³/mol. The van der Waals surface area contributed by atoms with Gasteiger partial charge in [0, 0.05) is 18.9 Å². The van der Waals surface area contributed by atoms with Gasteiger partial charge in [0.15, 0.2) is 12.1 Å². The molecule has 1 aromatic rings. The normalized spacial score (nSPS) is 9.08. The van der Waals surface area contributed by atoms with Crippen LogP contribution in [0.2, 0.25) is 0 Å². The van der Waals surface area contributed by atoms with Gasteiger partial charge in [-0.2, -0.15) is 0 Å². The molecule has 68 valence electrons. The summed E-state index contributed by atoms with van der Waals surface area (Å²) < 4.78 is 1.79. The van der Waals surface area contributed by atoms with E-state index in [9.17, 15) is 4.79 Å². The molecule has 1 rings (SSSR count). The fraction of sp³-hybridized carbons (Fsp3) is 0.429. The lowest BCUT2D eigenvalue weighted by molar-refractivity contribution is 0.111. The number of carbonyl (C=O) groups is 1. The molecule has 0 fully saturated rings. The minimum atomic E-state index is 0. The highest BCUT2D eigenvalue weighted by atomic mass is 35.5. The molecule has 2 N–H and O–H groups in total. The maximum atomic E-state index is 10.3. The Morgan fingerprint density at radius 1 is 1.67 bits per heavy atom. The predicted octanol–water partition coefficient (Wildman–Crippen LogP) is 0.466. The van der Waals surface area contributed by atoms with Crippen molar-refractivity contribution in [3.63, 3.8) is 0 Å². The van der Waals surface area contributed by atoms with Crippen molar-refractivity contribution in [2.45, 2.75) is 13.0 Å². The topological polar surface area (TPSA) is 60.9 Å². The van der Waals surface area contributed by atoms with E-state index in [0.29, 0.717) is 12.4 Å². The van der Waals surface area contributed by atoms with Crippen LogP contribution in [0.15, 0.2) is 12.4 Å². The van der Waals surface area contributed by atoms with Crippen LogP contribution in [-0.4, -0.2) is 22.4 Å². The molecular weight excluding hydrogens is 178 g/mol. The van der Waals surface area contributed by atoms with Crippen LogP contribution in [-0.2, 0) is 6.54 Å². The van der Waals surface area contributed by atoms with Gasteiger partial charge in [0.25, 0.3) is 0 Å². The number of aldehydes is 1. The standard InChI is InChI=1S/C7H11N3O.ClH/c8-2-1-4-10-5-3-9-7(10)6-11;/h3,5-6H,1-2,4,8H2;1H. The molecule has 0 radical (unpaired) electrons. The number of halogens is 1. The van der Waals surface area contributed by atoms with Crippen molar-refractivity contribution < 1.29 is 4.79 Å². The molecule has 0 atom stereocenters. The zero-order chi connectivity index (χ0) is 8.10. The number of aromatic nitrogens is 2. The van der Waals surface area contributed by atoms with E-state index in [4.69, 9.17) is 5.73 Å². The largest absolute Gasteiger partial charge is 0.330 e. The molecule has 0 aliphatic rings. The Kier molecular flexibility index (Phi) is 5.32. The molecule has 0 amide bonds. The summed E-state index contributed by atoms with van der Waals surface area (Å²) in [6.07, 6.45) is 5.01. The summed E-state index contributed by atoms with van der Waals surface area (Å²) in [4.78, 5) is 14.2. The van der Waals surface area contributed by atoms with Gasteiger partial charge < -0.3 is 10.3 Å². The number of imidazole rings is 1. The van der Waals surface area contributed by atoms with E-state index in [1.807, 2.05) is 0 Å². The van der Waals surface area contributed by atoms with Gasteiger partial charge in [0.2, 0.25) is 0 Å². The van der Waals surface area contributed by atoms with E-state index in [1.54, 1.807) is 17.0 Å². The molecule has 0 saturated carbocycles. The van der Waals surface area contributed by atoms with Crippen molar-refractivity contribution in [1.82, 2.24) is 9.55 Å². The van der Waals surface area contributed by atoms with E-state index in [2.05, 4.69) is 4.98 Å². The third-order valence-corrected chi connectivity index (χ3v) is 1.46. The van der Waals surface area contributed by atoms with Gasteiger partial charge in [0.1, 0.15) is 0 Å². The molecule has 0 unspecified atom stereocenters. The minimum Gasteiger partial charge on any atom is -0.330 e. The number of rotatable bonds is 4. The molecule has 12 heavy (non-hydrogen) atoms. The first-order chi connectivity index (χ1) is 5.38. The fourth-order valence-corrected chi connectivity index (χ4v) is 0.890. The molecule has 0 saturated heterocycles. The van der Waals surface area contributed by atoms with E-state index in [0.717, 1.165) is 19.3 Å². The third-order valence-electron chi connectivity index (χ3n) is 1.46. The molecule has 0 aliphatic heterocycles. The maximum absolute atomic E-state index is 10.3. The Morgan fingerprint density at radius 3 is 3.00 bits per heavy atom. The van der Waals surface area contributed by atoms with Gasteiger partial charge in [-0.3, -0.25) is 4.79 Å². The Hall–Kier alpha value is -0.870. The second-order valence-corrected chi connectivity index (χ2v) is 2.24. The quantitative estimate of drug-likeness (QED) is 0.701. The molecule has 1 heterocycles. The fourth-order valence-electron chi connectivity index (χ4n) is 0.890. The molecule has 0 bridgehead atoms. The monoisotopic (exact) mass is 189 g/mol. The summed E-state index contributed by atoms with van der Waals surface area (Å²) in [6, 6.07) is 0. The maximum Gasteiger partial charge on any atom is 0.185 e. The van der Waals surface area contributed by atoms with Crippen molar-refractivity contribution >= 4 is 18.7 Å². The highest BCUT2D eigenvalue weighted by Gasteiger charge is 1.98. The number of hydrogen-bond donors (Lipinski definition) is 1. The first-order valence-electron chi connectivity index (χ1n) is 3.55. The summed E-state index contributed by atoms with van der Waals surface area (Å²) in [5.74, 6) is 0.471. The molecule has 0 aromatic carbocycles. The SMILES string of the molecule is Cl.NCCCn1ccnc1C=O. The zero-order valence-electron chi connectivity index (χ0n) is 6.64. The van der Waals surface area contributed by atoms with Gasteiger partial charge in [-0.15, -0.1) is 12.4 Å². The highest BCUT2D eigenvalue weighted by molar-refractivity contribution is 5.85. The second kappa shape index (κ2) is 5.74. The lowest BCUT2D eigenvalue weighted by Gasteiger charge is -2.00. The number of hydrogen-bond acceptors (Lipinski definition) is 3. The van der Waals surface area contributed by atoms with E-state index in [-0.39, 0.29) is 12.4 Å². The Bertz CT molecular complexity index is 236. The van der Waals surface area contributed by atoms with Gasteiger partial charge in [-0.25, -0.2) is 4.98 Å². The minimum absolute atomic E-state index is 0. The number of carbonyl (C=O) groups excluding carboxylic acids is 1. The lowest BCUT2D eigenvalue weighted by Crippen LogP contribution is -2.07. The van der Waals surface area contributed by atoms with Crippen LogP contribution >= 0.6 is 12.4 Å². The van der Waals surface area contributed by atoms with Crippen LogP contribution in [0.4, 0.5) is 0 Å². The van der Waals surface area contributed by atoms with Crippen LogP contribution < -0.4 is 5.73 Å². The van der Waals surface area contributed by atoms with Crippen molar-refractivity contribution in [3.05, 3.63) is 18.2 Å². The second-order valence-electron chi connectivity index (χ2n) is 2.24. The zero-order valence-corrected chi connectivity index (χ0v) is 7.46. The number of aryl methyl sites for hydroxylation is 1. The van der Waals surface area contributed by atoms with Gasteiger partial charge in [-0.1, -0.05) is 0 Å². The number of nitrogens with two attached hydrogens (primary N) is 1. The average molecular weight is 190 g/mol. The van der Waals surface area contributed by atoms with Crippen molar-refractivity contribution in [2.24, 2.45) is 5.73 Å². The van der Waals surface area contributed by atoms with Crippen molar-refractivity contribution in [3.8, 4) is 0 Å². The van der Waals surface area contributed by atoms with E-state index < -0.39 is 0 Å². The summed E-state index contributed by atoms with van der Waals surface area (Å²) in [5, 5.41) is 0. The van der Waals surface area contributed by atoms with E-state index >= 15 is 0 Å². The first kappa shape index (κ1) is 11.1. The summed E-state index contributed by atoms with van der Waals surface area (Å²) in [5.41, 5.74) is 5.31. The van der Waals surface area contributed by atoms with Crippen LogP contribution in [0, 0.1) is 0 Å². The van der Waals surface area contributed by atoms with Crippen LogP contribution in [0.5, 0.6) is 0 Å². The van der Waals surface area contributed by atoms with Gasteiger partial charge >= 0.3 is 0 Å². The van der Waals surface area contributed by atoms with Gasteiger partial charge in [0.05, 0.1) is 0 Å². The smallest absolute Gasteiger partial charge is 0.185 e. The van der Waals surface area contributed by atoms with Gasteiger partial charge in [-0.05, 0) is 13.0 Å². The molecular formula is C7H12ClN3O. The lowest BCUT2D eigenvalue weighted by atomic mass is 10.4.